The molecular formula is C6H14N2. The Bertz CT molecular complexity index is 64.9. The molecule has 0 radical (unpaired) electrons. The van der Waals surface area contributed by atoms with Gasteiger partial charge in [0.25, 0.3) is 0 Å². The highest BCUT2D eigenvalue weighted by Gasteiger charge is 2.09. The van der Waals surface area contributed by atoms with Crippen LogP contribution in [0.2, 0.25) is 0 Å². The van der Waals surface area contributed by atoms with Crippen LogP contribution in [0.3, 0.4) is 0 Å². The monoisotopic (exact) mass is 114 g/mol. The second-order valence-corrected chi connectivity index (χ2v) is 2.56. The SMILES string of the molecule is [CH2-][NH+]1CCN[C@H](C)C1. The van der Waals surface area contributed by atoms with E-state index in [0.717, 1.165) is 6.54 Å². The normalized spacial score (nSPS) is 39.8. The van der Waals surface area contributed by atoms with Crippen molar-refractivity contribution in [1.82, 2.24) is 5.32 Å². The van der Waals surface area contributed by atoms with Crippen LogP contribution in [0.15, 0.2) is 0 Å². The summed E-state index contributed by atoms with van der Waals surface area (Å²) in [4.78, 5) is 1.40. The summed E-state index contributed by atoms with van der Waals surface area (Å²) in [6.45, 7) is 5.66. The summed E-state index contributed by atoms with van der Waals surface area (Å²) in [5, 5.41) is 3.35. The highest BCUT2D eigenvalue weighted by atomic mass is 15.2. The molecule has 0 aromatic carbocycles. The number of hydrogen-bond acceptors (Lipinski definition) is 1. The van der Waals surface area contributed by atoms with Crippen LogP contribution in [0, 0.1) is 7.05 Å². The Morgan fingerprint density at radius 3 is 2.88 bits per heavy atom. The van der Waals surface area contributed by atoms with E-state index in [1.807, 2.05) is 0 Å². The molecule has 1 heterocycles. The minimum absolute atomic E-state index is 0.663. The molecule has 0 spiro atoms. The van der Waals surface area contributed by atoms with Gasteiger partial charge in [-0.25, -0.2) is 0 Å². The summed E-state index contributed by atoms with van der Waals surface area (Å²) in [7, 11) is 3.92. The molecule has 0 aliphatic carbocycles. The van der Waals surface area contributed by atoms with Crippen LogP contribution in [0.25, 0.3) is 0 Å². The molecule has 1 rings (SSSR count). The maximum atomic E-state index is 3.92. The first kappa shape index (κ1) is 6.05. The molecule has 1 aliphatic rings. The summed E-state index contributed by atoms with van der Waals surface area (Å²) in [6.07, 6.45) is 0. The topological polar surface area (TPSA) is 16.5 Å². The van der Waals surface area contributed by atoms with Crippen molar-refractivity contribution < 1.29 is 4.90 Å². The van der Waals surface area contributed by atoms with E-state index in [1.165, 1.54) is 18.0 Å². The average molecular weight is 114 g/mol. The number of piperazine rings is 1. The highest BCUT2D eigenvalue weighted by molar-refractivity contribution is 4.61. The van der Waals surface area contributed by atoms with E-state index in [9.17, 15) is 0 Å². The third-order valence-corrected chi connectivity index (χ3v) is 1.57. The van der Waals surface area contributed by atoms with Crippen LogP contribution in [0.4, 0.5) is 0 Å². The van der Waals surface area contributed by atoms with Gasteiger partial charge in [-0.15, -0.1) is 0 Å². The van der Waals surface area contributed by atoms with Gasteiger partial charge in [0.1, 0.15) is 0 Å². The highest BCUT2D eigenvalue weighted by Crippen LogP contribution is 1.76. The van der Waals surface area contributed by atoms with Gasteiger partial charge in [-0.3, -0.25) is 0 Å². The molecule has 0 aromatic rings. The van der Waals surface area contributed by atoms with E-state index in [1.54, 1.807) is 0 Å². The van der Waals surface area contributed by atoms with Gasteiger partial charge >= 0.3 is 0 Å². The smallest absolute Gasteiger partial charge is 0.0684 e. The van der Waals surface area contributed by atoms with Crippen LogP contribution < -0.4 is 10.2 Å². The van der Waals surface area contributed by atoms with E-state index >= 15 is 0 Å². The lowest BCUT2D eigenvalue weighted by atomic mass is 10.2. The first-order chi connectivity index (χ1) is 3.79. The van der Waals surface area contributed by atoms with Crippen molar-refractivity contribution in [2.75, 3.05) is 19.6 Å². The molecule has 0 saturated carbocycles. The largest absolute Gasteiger partial charge is 0.466 e. The van der Waals surface area contributed by atoms with Crippen molar-refractivity contribution in [2.24, 2.45) is 0 Å². The van der Waals surface area contributed by atoms with Gasteiger partial charge in [0.15, 0.2) is 0 Å². The quantitative estimate of drug-likeness (QED) is 0.372. The molecule has 1 fully saturated rings. The lowest BCUT2D eigenvalue weighted by molar-refractivity contribution is -0.858. The maximum Gasteiger partial charge on any atom is 0.0684 e. The molecular weight excluding hydrogens is 100 g/mol. The van der Waals surface area contributed by atoms with Gasteiger partial charge in [-0.05, 0) is 6.92 Å². The Balaban J connectivity index is 2.23. The zero-order valence-corrected chi connectivity index (χ0v) is 5.41. The summed E-state index contributed by atoms with van der Waals surface area (Å²) < 4.78 is 0. The maximum absolute atomic E-state index is 3.92. The molecule has 1 saturated heterocycles. The van der Waals surface area contributed by atoms with Gasteiger partial charge in [-0.1, -0.05) is 0 Å². The molecule has 0 bridgehead atoms. The second-order valence-electron chi connectivity index (χ2n) is 2.56. The van der Waals surface area contributed by atoms with Gasteiger partial charge in [0.05, 0.1) is 19.1 Å². The number of nitrogens with one attached hydrogen (secondary N) is 2. The van der Waals surface area contributed by atoms with Crippen LogP contribution in [-0.4, -0.2) is 25.7 Å². The standard InChI is InChI=1S/C6H14N2/c1-6-5-8(2)4-3-7-6/h6-8H,2-5H2,1H3/t6-/m1/s1. The van der Waals surface area contributed by atoms with E-state index < -0.39 is 0 Å². The van der Waals surface area contributed by atoms with Crippen molar-refractivity contribution in [3.05, 3.63) is 7.05 Å². The Labute approximate surface area is 50.9 Å². The number of quaternary nitrogens is 1. The lowest BCUT2D eigenvalue weighted by Gasteiger charge is -2.30. The van der Waals surface area contributed by atoms with Crippen LogP contribution >= 0.6 is 0 Å². The van der Waals surface area contributed by atoms with Crippen molar-refractivity contribution in [3.63, 3.8) is 0 Å². The molecule has 0 aromatic heterocycles. The molecule has 1 unspecified atom stereocenters. The molecule has 2 atom stereocenters. The number of hydrogen-bond donors (Lipinski definition) is 2. The van der Waals surface area contributed by atoms with Gasteiger partial charge in [0, 0.05) is 6.54 Å². The van der Waals surface area contributed by atoms with E-state index in [0.29, 0.717) is 6.04 Å². The first-order valence-electron chi connectivity index (χ1n) is 3.19. The molecule has 0 amide bonds. The third-order valence-electron chi connectivity index (χ3n) is 1.57. The van der Waals surface area contributed by atoms with Gasteiger partial charge in [-0.2, -0.15) is 7.05 Å². The molecule has 2 heteroatoms. The Kier molecular flexibility index (Phi) is 1.86. The predicted molar refractivity (Wildman–Crippen MR) is 33.5 cm³/mol. The molecule has 2 N–H and O–H groups in total. The zero-order valence-electron chi connectivity index (χ0n) is 5.41. The van der Waals surface area contributed by atoms with Crippen molar-refractivity contribution >= 4 is 0 Å². The summed E-state index contributed by atoms with van der Waals surface area (Å²) in [6, 6.07) is 0.663. The van der Waals surface area contributed by atoms with E-state index in [4.69, 9.17) is 0 Å². The molecule has 8 heavy (non-hydrogen) atoms. The fraction of sp³-hybridized carbons (Fsp3) is 0.833. The van der Waals surface area contributed by atoms with E-state index in [2.05, 4.69) is 19.3 Å². The van der Waals surface area contributed by atoms with Crippen LogP contribution in [-0.2, 0) is 0 Å². The lowest BCUT2D eigenvalue weighted by Crippen LogP contribution is -3.10. The molecule has 48 valence electrons. The summed E-state index contributed by atoms with van der Waals surface area (Å²) in [5.74, 6) is 0. The van der Waals surface area contributed by atoms with Crippen molar-refractivity contribution in [3.8, 4) is 0 Å². The van der Waals surface area contributed by atoms with Crippen molar-refractivity contribution in [2.45, 2.75) is 13.0 Å². The number of rotatable bonds is 0. The second kappa shape index (κ2) is 2.46. The van der Waals surface area contributed by atoms with E-state index in [-0.39, 0.29) is 0 Å². The molecule has 2 nitrogen and oxygen atoms in total. The summed E-state index contributed by atoms with van der Waals surface area (Å²) >= 11 is 0. The Morgan fingerprint density at radius 1 is 1.75 bits per heavy atom. The Hall–Kier alpha value is -0.0800. The minimum Gasteiger partial charge on any atom is -0.466 e. The Morgan fingerprint density at radius 2 is 2.50 bits per heavy atom. The van der Waals surface area contributed by atoms with Crippen LogP contribution in [0.1, 0.15) is 6.92 Å². The predicted octanol–water partition coefficient (Wildman–Crippen LogP) is -1.35. The zero-order chi connectivity index (χ0) is 5.98. The van der Waals surface area contributed by atoms with Gasteiger partial charge < -0.3 is 10.2 Å². The first-order valence-corrected chi connectivity index (χ1v) is 3.19. The van der Waals surface area contributed by atoms with Crippen LogP contribution in [0.5, 0.6) is 0 Å². The summed E-state index contributed by atoms with van der Waals surface area (Å²) in [5.41, 5.74) is 0. The third kappa shape index (κ3) is 1.46. The minimum atomic E-state index is 0.663. The van der Waals surface area contributed by atoms with Crippen molar-refractivity contribution in [1.29, 1.82) is 0 Å². The fourth-order valence-corrected chi connectivity index (χ4v) is 1.10. The molecule has 1 aliphatic heterocycles. The fourth-order valence-electron chi connectivity index (χ4n) is 1.10. The van der Waals surface area contributed by atoms with Gasteiger partial charge in [0.2, 0.25) is 0 Å². The average Bonchev–Trinajstić information content (AvgIpc) is 1.64.